The van der Waals surface area contributed by atoms with Gasteiger partial charge in [-0.15, -0.1) is 0 Å². The molecular weight excluding hydrogens is 268 g/mol. The fraction of sp³-hybridized carbons (Fsp3) is 0.375. The van der Waals surface area contributed by atoms with Gasteiger partial charge in [0.25, 0.3) is 5.91 Å². The lowest BCUT2D eigenvalue weighted by molar-refractivity contribution is -0.142. The Labute approximate surface area is 123 Å². The number of hydrogen-bond acceptors (Lipinski definition) is 2. The molecule has 3 N–H and O–H groups in total. The number of nitrogens with one attached hydrogen (secondary N) is 2. The van der Waals surface area contributed by atoms with Gasteiger partial charge in [0.15, 0.2) is 0 Å². The van der Waals surface area contributed by atoms with E-state index in [-0.39, 0.29) is 18.4 Å². The second-order valence-corrected chi connectivity index (χ2v) is 5.62. The number of benzene rings is 1. The van der Waals surface area contributed by atoms with Crippen LogP contribution in [0.25, 0.3) is 10.9 Å². The predicted octanol–water partition coefficient (Wildman–Crippen LogP) is 2.64. The van der Waals surface area contributed by atoms with Gasteiger partial charge in [-0.3, -0.25) is 9.59 Å². The number of carboxylic acid groups (broad SMARTS) is 1. The minimum Gasteiger partial charge on any atom is -0.481 e. The normalized spacial score (nSPS) is 12.5. The molecule has 1 heterocycles. The molecule has 0 aliphatic rings. The Morgan fingerprint density at radius 1 is 1.29 bits per heavy atom. The van der Waals surface area contributed by atoms with Crippen LogP contribution >= 0.6 is 0 Å². The molecule has 1 aromatic heterocycles. The second kappa shape index (κ2) is 6.43. The summed E-state index contributed by atoms with van der Waals surface area (Å²) in [7, 11) is 0. The molecule has 2 aromatic rings. The fourth-order valence-electron chi connectivity index (χ4n) is 2.43. The van der Waals surface area contributed by atoms with E-state index < -0.39 is 11.9 Å². The van der Waals surface area contributed by atoms with Crippen molar-refractivity contribution in [1.29, 1.82) is 0 Å². The molecule has 1 unspecified atom stereocenters. The summed E-state index contributed by atoms with van der Waals surface area (Å²) in [6, 6.07) is 7.35. The van der Waals surface area contributed by atoms with Crippen molar-refractivity contribution in [2.24, 2.45) is 11.8 Å². The lowest BCUT2D eigenvalue weighted by Crippen LogP contribution is -2.33. The maximum Gasteiger partial charge on any atom is 0.308 e. The number of aromatic amines is 1. The number of amides is 1. The van der Waals surface area contributed by atoms with E-state index in [4.69, 9.17) is 0 Å². The standard InChI is InChI=1S/C16H20N2O3/c1-10(2)8-12(16(20)21)9-18-15(19)13-5-3-4-11-6-7-17-14(11)13/h3-7,10,12,17H,8-9H2,1-2H3,(H,18,19)(H,20,21). The van der Waals surface area contributed by atoms with Crippen LogP contribution in [0.2, 0.25) is 0 Å². The molecule has 0 radical (unpaired) electrons. The van der Waals surface area contributed by atoms with E-state index in [1.165, 1.54) is 0 Å². The highest BCUT2D eigenvalue weighted by molar-refractivity contribution is 6.05. The third-order valence-corrected chi connectivity index (χ3v) is 3.45. The summed E-state index contributed by atoms with van der Waals surface area (Å²) < 4.78 is 0. The monoisotopic (exact) mass is 288 g/mol. The minimum absolute atomic E-state index is 0.142. The Morgan fingerprint density at radius 2 is 2.05 bits per heavy atom. The van der Waals surface area contributed by atoms with E-state index in [0.717, 1.165) is 10.9 Å². The van der Waals surface area contributed by atoms with E-state index in [0.29, 0.717) is 12.0 Å². The molecule has 0 saturated carbocycles. The third kappa shape index (κ3) is 3.62. The van der Waals surface area contributed by atoms with E-state index in [1.54, 1.807) is 12.3 Å². The van der Waals surface area contributed by atoms with Crippen molar-refractivity contribution in [2.45, 2.75) is 20.3 Å². The second-order valence-electron chi connectivity index (χ2n) is 5.62. The van der Waals surface area contributed by atoms with Crippen molar-refractivity contribution in [3.63, 3.8) is 0 Å². The number of aliphatic carboxylic acids is 1. The van der Waals surface area contributed by atoms with Crippen LogP contribution in [0.1, 0.15) is 30.6 Å². The SMILES string of the molecule is CC(C)CC(CNC(=O)c1cccc2cc[nH]c12)C(=O)O. The molecule has 5 heteroatoms. The molecule has 0 bridgehead atoms. The molecule has 5 nitrogen and oxygen atoms in total. The average Bonchev–Trinajstić information content (AvgIpc) is 2.90. The van der Waals surface area contributed by atoms with E-state index in [1.807, 2.05) is 32.0 Å². The first-order chi connectivity index (χ1) is 9.99. The predicted molar refractivity (Wildman–Crippen MR) is 81.2 cm³/mol. The van der Waals surface area contributed by atoms with Gasteiger partial charge in [0.2, 0.25) is 0 Å². The quantitative estimate of drug-likeness (QED) is 0.764. The number of rotatable bonds is 6. The lowest BCUT2D eigenvalue weighted by Gasteiger charge is -2.15. The smallest absolute Gasteiger partial charge is 0.308 e. The zero-order chi connectivity index (χ0) is 15.4. The van der Waals surface area contributed by atoms with Crippen LogP contribution in [0.5, 0.6) is 0 Å². The Hall–Kier alpha value is -2.30. The van der Waals surface area contributed by atoms with Crippen LogP contribution in [0.4, 0.5) is 0 Å². The molecule has 0 saturated heterocycles. The van der Waals surface area contributed by atoms with Gasteiger partial charge >= 0.3 is 5.97 Å². The van der Waals surface area contributed by atoms with Crippen molar-refractivity contribution >= 4 is 22.8 Å². The molecule has 0 aliphatic heterocycles. The molecule has 1 amide bonds. The van der Waals surface area contributed by atoms with Crippen LogP contribution < -0.4 is 5.32 Å². The van der Waals surface area contributed by atoms with Gasteiger partial charge in [-0.05, 0) is 24.5 Å². The summed E-state index contributed by atoms with van der Waals surface area (Å²) >= 11 is 0. The van der Waals surface area contributed by atoms with Gasteiger partial charge in [0.1, 0.15) is 0 Å². The summed E-state index contributed by atoms with van der Waals surface area (Å²) in [5.74, 6) is -1.41. The van der Waals surface area contributed by atoms with Crippen molar-refractivity contribution in [2.75, 3.05) is 6.54 Å². The molecular formula is C16H20N2O3. The van der Waals surface area contributed by atoms with Crippen LogP contribution in [-0.2, 0) is 4.79 Å². The van der Waals surface area contributed by atoms with Crippen LogP contribution in [0, 0.1) is 11.8 Å². The Kier molecular flexibility index (Phi) is 4.62. The zero-order valence-electron chi connectivity index (χ0n) is 12.2. The van der Waals surface area contributed by atoms with Gasteiger partial charge in [-0.25, -0.2) is 0 Å². The Balaban J connectivity index is 2.07. The maximum absolute atomic E-state index is 12.2. The number of fused-ring (bicyclic) bond motifs is 1. The maximum atomic E-state index is 12.2. The molecule has 0 fully saturated rings. The lowest BCUT2D eigenvalue weighted by atomic mass is 9.97. The number of aromatic nitrogens is 1. The highest BCUT2D eigenvalue weighted by atomic mass is 16.4. The number of H-pyrrole nitrogens is 1. The number of para-hydroxylation sites is 1. The minimum atomic E-state index is -0.873. The zero-order valence-corrected chi connectivity index (χ0v) is 12.2. The number of carbonyl (C=O) groups is 2. The number of carbonyl (C=O) groups excluding carboxylic acids is 1. The molecule has 0 spiro atoms. The van der Waals surface area contributed by atoms with Gasteiger partial charge in [0, 0.05) is 18.1 Å². The summed E-state index contributed by atoms with van der Waals surface area (Å²) in [6.07, 6.45) is 2.32. The molecule has 1 aromatic carbocycles. The van der Waals surface area contributed by atoms with E-state index in [9.17, 15) is 14.7 Å². The summed E-state index contributed by atoms with van der Waals surface area (Å²) in [5.41, 5.74) is 1.30. The van der Waals surface area contributed by atoms with E-state index in [2.05, 4.69) is 10.3 Å². The van der Waals surface area contributed by atoms with Gasteiger partial charge in [-0.2, -0.15) is 0 Å². The van der Waals surface area contributed by atoms with Gasteiger partial charge in [0.05, 0.1) is 17.0 Å². The molecule has 2 rings (SSSR count). The summed E-state index contributed by atoms with van der Waals surface area (Å²) in [6.45, 7) is 4.08. The van der Waals surface area contributed by atoms with Crippen molar-refractivity contribution in [1.82, 2.24) is 10.3 Å². The highest BCUT2D eigenvalue weighted by Crippen LogP contribution is 2.17. The first-order valence-electron chi connectivity index (χ1n) is 7.06. The Morgan fingerprint density at radius 3 is 2.71 bits per heavy atom. The summed E-state index contributed by atoms with van der Waals surface area (Å²) in [4.78, 5) is 26.5. The third-order valence-electron chi connectivity index (χ3n) is 3.45. The van der Waals surface area contributed by atoms with E-state index >= 15 is 0 Å². The number of hydrogen-bond donors (Lipinski definition) is 3. The first-order valence-corrected chi connectivity index (χ1v) is 7.06. The van der Waals surface area contributed by atoms with Crippen molar-refractivity contribution in [3.8, 4) is 0 Å². The van der Waals surface area contributed by atoms with Crippen LogP contribution in [0.15, 0.2) is 30.5 Å². The molecule has 1 atom stereocenters. The highest BCUT2D eigenvalue weighted by Gasteiger charge is 2.20. The van der Waals surface area contributed by atoms with Crippen LogP contribution in [-0.4, -0.2) is 28.5 Å². The average molecular weight is 288 g/mol. The topological polar surface area (TPSA) is 82.2 Å². The molecule has 21 heavy (non-hydrogen) atoms. The van der Waals surface area contributed by atoms with Gasteiger partial charge in [-0.1, -0.05) is 26.0 Å². The van der Waals surface area contributed by atoms with Crippen molar-refractivity contribution in [3.05, 3.63) is 36.0 Å². The molecule has 112 valence electrons. The van der Waals surface area contributed by atoms with Gasteiger partial charge < -0.3 is 15.4 Å². The Bertz CT molecular complexity index is 646. The molecule has 0 aliphatic carbocycles. The largest absolute Gasteiger partial charge is 0.481 e. The van der Waals surface area contributed by atoms with Crippen LogP contribution in [0.3, 0.4) is 0 Å². The summed E-state index contributed by atoms with van der Waals surface area (Å²) in [5, 5.41) is 12.9. The number of carboxylic acids is 1. The van der Waals surface area contributed by atoms with Crippen molar-refractivity contribution < 1.29 is 14.7 Å². The fourth-order valence-corrected chi connectivity index (χ4v) is 2.43. The first kappa shape index (κ1) is 15.1.